The van der Waals surface area contributed by atoms with E-state index in [-0.39, 0.29) is 10.6 Å². The van der Waals surface area contributed by atoms with Gasteiger partial charge in [0.15, 0.2) is 0 Å². The van der Waals surface area contributed by atoms with Crippen molar-refractivity contribution in [3.8, 4) is 6.07 Å². The van der Waals surface area contributed by atoms with E-state index in [4.69, 9.17) is 0 Å². The molecular weight excluding hydrogens is 233 g/mol. The van der Waals surface area contributed by atoms with Crippen molar-refractivity contribution in [2.45, 2.75) is 41.7 Å². The zero-order valence-corrected chi connectivity index (χ0v) is 10.4. The molecule has 0 unspecified atom stereocenters. The fraction of sp³-hybridized carbons (Fsp3) is 0.500. The van der Waals surface area contributed by atoms with Crippen molar-refractivity contribution >= 4 is 11.8 Å². The van der Waals surface area contributed by atoms with E-state index in [0.29, 0.717) is 10.3 Å². The van der Waals surface area contributed by atoms with Crippen molar-refractivity contribution < 1.29 is 4.39 Å². The Morgan fingerprint density at radius 1 is 1.24 bits per heavy atom. The molecule has 0 heterocycles. The predicted molar refractivity (Wildman–Crippen MR) is 66.1 cm³/mol. The van der Waals surface area contributed by atoms with Crippen LogP contribution in [0.15, 0.2) is 29.2 Å². The summed E-state index contributed by atoms with van der Waals surface area (Å²) in [5, 5.41) is 9.35. The molecule has 2 aliphatic carbocycles. The highest BCUT2D eigenvalue weighted by Gasteiger charge is 2.58. The van der Waals surface area contributed by atoms with E-state index < -0.39 is 0 Å². The third-order valence-corrected chi connectivity index (χ3v) is 5.40. The third-order valence-electron chi connectivity index (χ3n) is 4.08. The van der Waals surface area contributed by atoms with Crippen molar-refractivity contribution in [2.24, 2.45) is 5.41 Å². The molecule has 2 fully saturated rings. The van der Waals surface area contributed by atoms with E-state index >= 15 is 0 Å². The van der Waals surface area contributed by atoms with Crippen molar-refractivity contribution in [3.63, 3.8) is 0 Å². The standard InChI is InChI=1S/C14H14FNS/c15-11-4-1-2-5-12(11)17-14(10-16)8-13(9-14)6-3-7-13/h1-2,4-5H,3,6-9H2. The molecule has 2 saturated carbocycles. The van der Waals surface area contributed by atoms with Gasteiger partial charge in [0, 0.05) is 4.90 Å². The normalized spacial score (nSPS) is 23.5. The van der Waals surface area contributed by atoms with Crippen LogP contribution in [0.25, 0.3) is 0 Å². The van der Waals surface area contributed by atoms with Gasteiger partial charge in [0.05, 0.1) is 6.07 Å². The first kappa shape index (κ1) is 11.1. The second kappa shape index (κ2) is 3.74. The Bertz CT molecular complexity index is 479. The molecule has 88 valence electrons. The molecule has 0 aromatic heterocycles. The van der Waals surface area contributed by atoms with Gasteiger partial charge in [-0.1, -0.05) is 18.6 Å². The van der Waals surface area contributed by atoms with Crippen LogP contribution in [0.4, 0.5) is 4.39 Å². The number of halogens is 1. The van der Waals surface area contributed by atoms with E-state index in [9.17, 15) is 9.65 Å². The van der Waals surface area contributed by atoms with Crippen LogP contribution in [0.5, 0.6) is 0 Å². The Kier molecular flexibility index (Phi) is 2.45. The number of rotatable bonds is 2. The summed E-state index contributed by atoms with van der Waals surface area (Å²) in [6.45, 7) is 0. The van der Waals surface area contributed by atoms with Gasteiger partial charge >= 0.3 is 0 Å². The maximum Gasteiger partial charge on any atom is 0.136 e. The van der Waals surface area contributed by atoms with Gasteiger partial charge in [0.1, 0.15) is 10.6 Å². The van der Waals surface area contributed by atoms with Crippen molar-refractivity contribution in [1.82, 2.24) is 0 Å². The minimum absolute atomic E-state index is 0.207. The number of benzene rings is 1. The largest absolute Gasteiger partial charge is 0.206 e. The minimum Gasteiger partial charge on any atom is -0.206 e. The van der Waals surface area contributed by atoms with Gasteiger partial charge in [-0.15, -0.1) is 11.8 Å². The topological polar surface area (TPSA) is 23.8 Å². The van der Waals surface area contributed by atoms with Crippen LogP contribution in [-0.2, 0) is 0 Å². The first-order chi connectivity index (χ1) is 8.17. The van der Waals surface area contributed by atoms with Crippen molar-refractivity contribution in [2.75, 3.05) is 0 Å². The van der Waals surface area contributed by atoms with Gasteiger partial charge in [0.25, 0.3) is 0 Å². The maximum atomic E-state index is 13.6. The quantitative estimate of drug-likeness (QED) is 0.784. The Morgan fingerprint density at radius 3 is 2.47 bits per heavy atom. The molecule has 0 amide bonds. The number of hydrogen-bond acceptors (Lipinski definition) is 2. The van der Waals surface area contributed by atoms with Crippen molar-refractivity contribution in [3.05, 3.63) is 30.1 Å². The molecule has 1 aromatic carbocycles. The first-order valence-electron chi connectivity index (χ1n) is 6.02. The highest BCUT2D eigenvalue weighted by molar-refractivity contribution is 8.01. The summed E-state index contributed by atoms with van der Waals surface area (Å²) in [5.74, 6) is -0.207. The molecule has 0 atom stereocenters. The molecule has 0 N–H and O–H groups in total. The Morgan fingerprint density at radius 2 is 1.94 bits per heavy atom. The van der Waals surface area contributed by atoms with Crippen LogP contribution < -0.4 is 0 Å². The molecule has 3 rings (SSSR count). The summed E-state index contributed by atoms with van der Waals surface area (Å²) >= 11 is 1.42. The predicted octanol–water partition coefficient (Wildman–Crippen LogP) is 4.14. The molecule has 1 nitrogen and oxygen atoms in total. The van der Waals surface area contributed by atoms with Crippen LogP contribution in [0.1, 0.15) is 32.1 Å². The number of nitrogens with zero attached hydrogens (tertiary/aromatic N) is 1. The van der Waals surface area contributed by atoms with E-state index in [1.807, 2.05) is 6.07 Å². The lowest BCUT2D eigenvalue weighted by atomic mass is 9.52. The second-order valence-electron chi connectivity index (χ2n) is 5.35. The van der Waals surface area contributed by atoms with E-state index in [1.165, 1.54) is 37.1 Å². The second-order valence-corrected chi connectivity index (χ2v) is 6.77. The number of hydrogen-bond donors (Lipinski definition) is 0. The van der Waals surface area contributed by atoms with Crippen LogP contribution in [-0.4, -0.2) is 4.75 Å². The highest BCUT2D eigenvalue weighted by atomic mass is 32.2. The molecule has 1 aromatic rings. The zero-order valence-electron chi connectivity index (χ0n) is 9.58. The highest BCUT2D eigenvalue weighted by Crippen LogP contribution is 2.65. The number of thioether (sulfide) groups is 1. The van der Waals surface area contributed by atoms with Gasteiger partial charge in [-0.3, -0.25) is 0 Å². The number of nitriles is 1. The lowest BCUT2D eigenvalue weighted by Crippen LogP contribution is -2.52. The lowest BCUT2D eigenvalue weighted by molar-refractivity contribution is 0.0152. The van der Waals surface area contributed by atoms with Crippen LogP contribution in [0, 0.1) is 22.6 Å². The minimum atomic E-state index is -0.372. The summed E-state index contributed by atoms with van der Waals surface area (Å²) < 4.78 is 13.2. The van der Waals surface area contributed by atoms with Gasteiger partial charge in [0.2, 0.25) is 0 Å². The lowest BCUT2D eigenvalue weighted by Gasteiger charge is -2.57. The fourth-order valence-electron chi connectivity index (χ4n) is 3.10. The van der Waals surface area contributed by atoms with E-state index in [0.717, 1.165) is 12.8 Å². The van der Waals surface area contributed by atoms with Crippen molar-refractivity contribution in [1.29, 1.82) is 5.26 Å². The summed E-state index contributed by atoms with van der Waals surface area (Å²) in [6, 6.07) is 9.16. The van der Waals surface area contributed by atoms with Gasteiger partial charge in [-0.05, 0) is 43.2 Å². The molecule has 3 heteroatoms. The SMILES string of the molecule is N#CC1(Sc2ccccc2F)CC2(CCC2)C1. The Balaban J connectivity index is 1.76. The molecule has 0 aliphatic heterocycles. The average molecular weight is 247 g/mol. The van der Waals surface area contributed by atoms with Gasteiger partial charge in [-0.2, -0.15) is 5.26 Å². The molecule has 2 aliphatic rings. The summed E-state index contributed by atoms with van der Waals surface area (Å²) in [7, 11) is 0. The summed E-state index contributed by atoms with van der Waals surface area (Å²) in [4.78, 5) is 0.614. The van der Waals surface area contributed by atoms with Crippen LogP contribution in [0.3, 0.4) is 0 Å². The third kappa shape index (κ3) is 1.75. The van der Waals surface area contributed by atoms with E-state index in [2.05, 4.69) is 6.07 Å². The summed E-state index contributed by atoms with van der Waals surface area (Å²) in [6.07, 6.45) is 5.69. The smallest absolute Gasteiger partial charge is 0.136 e. The van der Waals surface area contributed by atoms with Crippen LogP contribution >= 0.6 is 11.8 Å². The summed E-state index contributed by atoms with van der Waals surface area (Å²) in [5.41, 5.74) is 0.438. The zero-order chi connectivity index (χ0) is 11.9. The van der Waals surface area contributed by atoms with E-state index in [1.54, 1.807) is 12.1 Å². The monoisotopic (exact) mass is 247 g/mol. The van der Waals surface area contributed by atoms with Gasteiger partial charge in [-0.25, -0.2) is 4.39 Å². The van der Waals surface area contributed by atoms with Gasteiger partial charge < -0.3 is 0 Å². The average Bonchev–Trinajstić information content (AvgIpc) is 2.23. The molecule has 0 bridgehead atoms. The first-order valence-corrected chi connectivity index (χ1v) is 6.84. The fourth-order valence-corrected chi connectivity index (χ4v) is 4.64. The Hall–Kier alpha value is -1.01. The molecule has 17 heavy (non-hydrogen) atoms. The molecule has 0 saturated heterocycles. The molecular formula is C14H14FNS. The maximum absolute atomic E-state index is 13.6. The molecule has 0 radical (unpaired) electrons. The van der Waals surface area contributed by atoms with Crippen LogP contribution in [0.2, 0.25) is 0 Å². The Labute approximate surface area is 105 Å². The molecule has 1 spiro atoms.